The molecule has 0 saturated heterocycles. The van der Waals surface area contributed by atoms with Gasteiger partial charge in [0.05, 0.1) is 15.7 Å². The molecule has 0 aliphatic heterocycles. The van der Waals surface area contributed by atoms with Crippen molar-refractivity contribution in [2.24, 2.45) is 4.99 Å². The highest BCUT2D eigenvalue weighted by molar-refractivity contribution is 6.38. The minimum absolute atomic E-state index is 0.608. The first-order valence-electron chi connectivity index (χ1n) is 5.64. The zero-order valence-electron chi connectivity index (χ0n) is 10.2. The second-order valence-electron chi connectivity index (χ2n) is 4.11. The molecule has 2 rings (SSSR count). The minimum atomic E-state index is 0.608. The summed E-state index contributed by atoms with van der Waals surface area (Å²) in [4.78, 5) is 4.46. The smallest absolute Gasteiger partial charge is 0.0661 e. The van der Waals surface area contributed by atoms with Gasteiger partial charge in [-0.1, -0.05) is 41.4 Å². The summed E-state index contributed by atoms with van der Waals surface area (Å²) in [5, 5.41) is 1.22. The average Bonchev–Trinajstić information content (AvgIpc) is 2.33. The number of benzene rings is 2. The highest BCUT2D eigenvalue weighted by atomic mass is 35.5. The highest BCUT2D eigenvalue weighted by Crippen LogP contribution is 2.25. The Bertz CT molecular complexity index is 583. The molecule has 0 spiro atoms. The second-order valence-corrected chi connectivity index (χ2v) is 4.93. The average molecular weight is 278 g/mol. The van der Waals surface area contributed by atoms with Crippen LogP contribution in [0.25, 0.3) is 0 Å². The summed E-state index contributed by atoms with van der Waals surface area (Å²) in [5.41, 5.74) is 4.07. The van der Waals surface area contributed by atoms with Crippen molar-refractivity contribution >= 4 is 35.1 Å². The van der Waals surface area contributed by atoms with Gasteiger partial charge in [0.1, 0.15) is 0 Å². The lowest BCUT2D eigenvalue weighted by Crippen LogP contribution is -1.86. The van der Waals surface area contributed by atoms with E-state index in [0.717, 1.165) is 16.8 Å². The maximum absolute atomic E-state index is 6.09. The number of aliphatic imine (C=N–C) groups is 1. The molecular formula is C15H13Cl2N. The summed E-state index contributed by atoms with van der Waals surface area (Å²) >= 11 is 12.2. The molecule has 0 aromatic heterocycles. The molecule has 0 atom stereocenters. The number of hydrogen-bond acceptors (Lipinski definition) is 1. The van der Waals surface area contributed by atoms with Crippen LogP contribution in [0.2, 0.25) is 10.0 Å². The topological polar surface area (TPSA) is 12.4 Å². The fraction of sp³-hybridized carbons (Fsp3) is 0.133. The summed E-state index contributed by atoms with van der Waals surface area (Å²) in [7, 11) is 0. The summed E-state index contributed by atoms with van der Waals surface area (Å²) in [6.07, 6.45) is 1.71. The lowest BCUT2D eigenvalue weighted by molar-refractivity contribution is 1.31. The van der Waals surface area contributed by atoms with E-state index >= 15 is 0 Å². The van der Waals surface area contributed by atoms with Crippen LogP contribution < -0.4 is 0 Å². The molecule has 0 bridgehead atoms. The molecular weight excluding hydrogens is 265 g/mol. The van der Waals surface area contributed by atoms with Crippen molar-refractivity contribution in [1.29, 1.82) is 0 Å². The van der Waals surface area contributed by atoms with E-state index in [2.05, 4.69) is 24.9 Å². The Balaban J connectivity index is 2.39. The summed E-state index contributed by atoms with van der Waals surface area (Å²) in [5.74, 6) is 0. The Morgan fingerprint density at radius 3 is 2.22 bits per heavy atom. The van der Waals surface area contributed by atoms with E-state index in [9.17, 15) is 0 Å². The van der Waals surface area contributed by atoms with Crippen LogP contribution in [-0.4, -0.2) is 6.21 Å². The van der Waals surface area contributed by atoms with E-state index < -0.39 is 0 Å². The molecule has 0 radical (unpaired) electrons. The van der Waals surface area contributed by atoms with Crippen molar-refractivity contribution in [3.63, 3.8) is 0 Å². The molecule has 18 heavy (non-hydrogen) atoms. The van der Waals surface area contributed by atoms with E-state index in [-0.39, 0.29) is 0 Å². The predicted octanol–water partition coefficient (Wildman–Crippen LogP) is 5.36. The molecule has 3 heteroatoms. The van der Waals surface area contributed by atoms with E-state index in [1.165, 1.54) is 5.56 Å². The quantitative estimate of drug-likeness (QED) is 0.655. The van der Waals surface area contributed by atoms with E-state index in [4.69, 9.17) is 23.2 Å². The Hall–Kier alpha value is -1.31. The first-order valence-corrected chi connectivity index (χ1v) is 6.39. The fourth-order valence-corrected chi connectivity index (χ4v) is 2.14. The number of halogens is 2. The number of nitrogens with zero attached hydrogens (tertiary/aromatic N) is 1. The lowest BCUT2D eigenvalue weighted by Gasteiger charge is -2.04. The van der Waals surface area contributed by atoms with Crippen molar-refractivity contribution in [1.82, 2.24) is 0 Å². The molecule has 0 aliphatic carbocycles. The number of rotatable bonds is 2. The molecule has 0 saturated carbocycles. The normalized spacial score (nSPS) is 11.1. The molecule has 0 N–H and O–H groups in total. The molecule has 0 aliphatic rings. The minimum Gasteiger partial charge on any atom is -0.256 e. The first-order chi connectivity index (χ1) is 8.59. The Kier molecular flexibility index (Phi) is 4.05. The van der Waals surface area contributed by atoms with Crippen molar-refractivity contribution in [3.8, 4) is 0 Å². The Morgan fingerprint density at radius 2 is 1.56 bits per heavy atom. The van der Waals surface area contributed by atoms with Crippen LogP contribution in [-0.2, 0) is 0 Å². The van der Waals surface area contributed by atoms with E-state index in [1.807, 2.05) is 18.2 Å². The Labute approximate surface area is 117 Å². The third-order valence-electron chi connectivity index (χ3n) is 2.91. The van der Waals surface area contributed by atoms with Crippen molar-refractivity contribution in [2.45, 2.75) is 13.8 Å². The fourth-order valence-electron chi connectivity index (χ4n) is 1.64. The van der Waals surface area contributed by atoms with Gasteiger partial charge in [-0.2, -0.15) is 0 Å². The molecule has 2 aromatic carbocycles. The van der Waals surface area contributed by atoms with Crippen LogP contribution in [0.1, 0.15) is 16.7 Å². The van der Waals surface area contributed by atoms with E-state index in [0.29, 0.717) is 10.0 Å². The molecule has 0 heterocycles. The second kappa shape index (κ2) is 5.55. The van der Waals surface area contributed by atoms with Gasteiger partial charge >= 0.3 is 0 Å². The van der Waals surface area contributed by atoms with Crippen LogP contribution in [0.5, 0.6) is 0 Å². The van der Waals surface area contributed by atoms with Gasteiger partial charge in [-0.05, 0) is 43.2 Å². The first kappa shape index (κ1) is 13.1. The summed E-state index contributed by atoms with van der Waals surface area (Å²) < 4.78 is 0. The van der Waals surface area contributed by atoms with Gasteiger partial charge in [0, 0.05) is 11.8 Å². The van der Waals surface area contributed by atoms with Crippen molar-refractivity contribution in [3.05, 3.63) is 63.1 Å². The predicted molar refractivity (Wildman–Crippen MR) is 79.6 cm³/mol. The maximum atomic E-state index is 6.09. The van der Waals surface area contributed by atoms with Gasteiger partial charge in [0.15, 0.2) is 0 Å². The summed E-state index contributed by atoms with van der Waals surface area (Å²) in [6, 6.07) is 11.5. The van der Waals surface area contributed by atoms with Gasteiger partial charge in [-0.15, -0.1) is 0 Å². The third kappa shape index (κ3) is 2.74. The van der Waals surface area contributed by atoms with Crippen LogP contribution in [0.15, 0.2) is 41.4 Å². The van der Waals surface area contributed by atoms with Crippen LogP contribution >= 0.6 is 23.2 Å². The van der Waals surface area contributed by atoms with Gasteiger partial charge in [-0.25, -0.2) is 0 Å². The molecule has 0 amide bonds. The zero-order chi connectivity index (χ0) is 13.1. The molecule has 1 nitrogen and oxygen atoms in total. The molecule has 2 aromatic rings. The molecule has 92 valence electrons. The van der Waals surface area contributed by atoms with Crippen LogP contribution in [0.4, 0.5) is 5.69 Å². The lowest BCUT2D eigenvalue weighted by atomic mass is 10.1. The van der Waals surface area contributed by atoms with Gasteiger partial charge in [-0.3, -0.25) is 4.99 Å². The van der Waals surface area contributed by atoms with Gasteiger partial charge in [0.2, 0.25) is 0 Å². The molecule has 0 unspecified atom stereocenters. The number of hydrogen-bond donors (Lipinski definition) is 0. The van der Waals surface area contributed by atoms with E-state index in [1.54, 1.807) is 18.3 Å². The monoisotopic (exact) mass is 277 g/mol. The summed E-state index contributed by atoms with van der Waals surface area (Å²) in [6.45, 7) is 4.12. The Morgan fingerprint density at radius 1 is 0.944 bits per heavy atom. The van der Waals surface area contributed by atoms with Crippen LogP contribution in [0, 0.1) is 13.8 Å². The van der Waals surface area contributed by atoms with Crippen LogP contribution in [0.3, 0.4) is 0 Å². The SMILES string of the molecule is Cc1cccc(N=Cc2c(Cl)cccc2Cl)c1C. The standard InChI is InChI=1S/C15H13Cl2N/c1-10-5-3-8-15(11(10)2)18-9-12-13(16)6-4-7-14(12)17/h3-9H,1-2H3. The third-order valence-corrected chi connectivity index (χ3v) is 3.57. The van der Waals surface area contributed by atoms with Gasteiger partial charge < -0.3 is 0 Å². The largest absolute Gasteiger partial charge is 0.256 e. The number of aryl methyl sites for hydroxylation is 1. The van der Waals surface area contributed by atoms with Crippen molar-refractivity contribution < 1.29 is 0 Å². The van der Waals surface area contributed by atoms with Crippen molar-refractivity contribution in [2.75, 3.05) is 0 Å². The maximum Gasteiger partial charge on any atom is 0.0661 e. The molecule has 0 fully saturated rings. The zero-order valence-corrected chi connectivity index (χ0v) is 11.8. The van der Waals surface area contributed by atoms with Gasteiger partial charge in [0.25, 0.3) is 0 Å². The highest BCUT2D eigenvalue weighted by Gasteiger charge is 2.03.